The van der Waals surface area contributed by atoms with Crippen molar-refractivity contribution in [3.05, 3.63) is 36.0 Å². The van der Waals surface area contributed by atoms with Gasteiger partial charge in [0, 0.05) is 23.1 Å². The van der Waals surface area contributed by atoms with Gasteiger partial charge in [-0.05, 0) is 11.5 Å². The Morgan fingerprint density at radius 1 is 1.29 bits per heavy atom. The van der Waals surface area contributed by atoms with Gasteiger partial charge >= 0.3 is 5.97 Å². The van der Waals surface area contributed by atoms with E-state index in [0.29, 0.717) is 5.56 Å². The molecule has 1 aromatic carbocycles. The first kappa shape index (κ1) is 15.1. The molecule has 2 aromatic rings. The Bertz CT molecular complexity index is 667. The molecule has 1 unspecified atom stereocenters. The molecule has 112 valence electrons. The minimum absolute atomic E-state index is 0.0996. The van der Waals surface area contributed by atoms with E-state index in [1.807, 2.05) is 45.0 Å². The number of aliphatic carboxylic acids is 1. The van der Waals surface area contributed by atoms with Crippen molar-refractivity contribution in [2.75, 3.05) is 0 Å². The number of carboxylic acid groups (broad SMARTS) is 1. The first-order valence-corrected chi connectivity index (χ1v) is 6.88. The second kappa shape index (κ2) is 5.60. The topological polar surface area (TPSA) is 82.2 Å². The number of hydrogen-bond donors (Lipinski definition) is 3. The normalized spacial score (nSPS) is 13.1. The van der Waals surface area contributed by atoms with E-state index < -0.39 is 12.0 Å². The van der Waals surface area contributed by atoms with E-state index in [4.69, 9.17) is 5.11 Å². The van der Waals surface area contributed by atoms with Gasteiger partial charge in [0.1, 0.15) is 0 Å². The van der Waals surface area contributed by atoms with Crippen LogP contribution in [-0.4, -0.2) is 28.0 Å². The van der Waals surface area contributed by atoms with E-state index in [-0.39, 0.29) is 17.7 Å². The third-order valence-electron chi connectivity index (χ3n) is 3.56. The summed E-state index contributed by atoms with van der Waals surface area (Å²) in [6.07, 6.45) is 1.55. The number of H-pyrrole nitrogens is 1. The molecule has 1 aromatic heterocycles. The third kappa shape index (κ3) is 3.42. The highest BCUT2D eigenvalue weighted by Gasteiger charge is 2.29. The number of benzene rings is 1. The molecule has 0 saturated heterocycles. The van der Waals surface area contributed by atoms with Crippen LogP contribution in [0.2, 0.25) is 0 Å². The maximum atomic E-state index is 12.4. The fourth-order valence-electron chi connectivity index (χ4n) is 2.24. The Kier molecular flexibility index (Phi) is 4.02. The maximum Gasteiger partial charge on any atom is 0.305 e. The zero-order chi connectivity index (χ0) is 15.6. The molecule has 0 aliphatic heterocycles. The van der Waals surface area contributed by atoms with E-state index in [0.717, 1.165) is 10.9 Å². The fourth-order valence-corrected chi connectivity index (χ4v) is 2.24. The predicted octanol–water partition coefficient (Wildman–Crippen LogP) is 2.79. The van der Waals surface area contributed by atoms with Crippen LogP contribution in [0.3, 0.4) is 0 Å². The van der Waals surface area contributed by atoms with Crippen molar-refractivity contribution in [1.82, 2.24) is 10.3 Å². The Hall–Kier alpha value is -2.30. The molecular weight excluding hydrogens is 268 g/mol. The van der Waals surface area contributed by atoms with E-state index >= 15 is 0 Å². The van der Waals surface area contributed by atoms with Gasteiger partial charge in [-0.15, -0.1) is 0 Å². The summed E-state index contributed by atoms with van der Waals surface area (Å²) in [6, 6.07) is 7.08. The van der Waals surface area contributed by atoms with Gasteiger partial charge < -0.3 is 15.4 Å². The van der Waals surface area contributed by atoms with Crippen LogP contribution in [-0.2, 0) is 4.79 Å². The van der Waals surface area contributed by atoms with Crippen LogP contribution in [0.4, 0.5) is 0 Å². The lowest BCUT2D eigenvalue weighted by atomic mass is 9.84. The van der Waals surface area contributed by atoms with Crippen molar-refractivity contribution in [2.24, 2.45) is 5.41 Å². The first-order chi connectivity index (χ1) is 9.79. The number of nitrogens with one attached hydrogen (secondary N) is 2. The number of carbonyl (C=O) groups is 2. The van der Waals surface area contributed by atoms with Crippen molar-refractivity contribution in [2.45, 2.75) is 33.2 Å². The van der Waals surface area contributed by atoms with Gasteiger partial charge in [-0.25, -0.2) is 0 Å². The first-order valence-electron chi connectivity index (χ1n) is 6.88. The summed E-state index contributed by atoms with van der Waals surface area (Å²) < 4.78 is 0. The predicted molar refractivity (Wildman–Crippen MR) is 81.3 cm³/mol. The van der Waals surface area contributed by atoms with Crippen LogP contribution in [0.15, 0.2) is 30.5 Å². The highest BCUT2D eigenvalue weighted by Crippen LogP contribution is 2.23. The number of aromatic amines is 1. The standard InChI is InChI=1S/C16H20N2O3/c1-16(2,3)13(8-14(19)20)18-15(21)11-9-17-12-7-5-4-6-10(11)12/h4-7,9,13,17H,8H2,1-3H3,(H,18,21)(H,19,20). The molecule has 2 rings (SSSR count). The van der Waals surface area contributed by atoms with E-state index in [1.54, 1.807) is 6.20 Å². The monoisotopic (exact) mass is 288 g/mol. The second-order valence-corrected chi connectivity index (χ2v) is 6.24. The highest BCUT2D eigenvalue weighted by molar-refractivity contribution is 6.06. The van der Waals surface area contributed by atoms with Crippen LogP contribution in [0.25, 0.3) is 10.9 Å². The van der Waals surface area contributed by atoms with Gasteiger partial charge in [-0.2, -0.15) is 0 Å². The molecule has 1 atom stereocenters. The van der Waals surface area contributed by atoms with Crippen LogP contribution in [0.1, 0.15) is 37.6 Å². The Morgan fingerprint density at radius 2 is 1.95 bits per heavy atom. The minimum atomic E-state index is -0.922. The number of fused-ring (bicyclic) bond motifs is 1. The van der Waals surface area contributed by atoms with E-state index in [1.165, 1.54) is 0 Å². The van der Waals surface area contributed by atoms with Crippen LogP contribution >= 0.6 is 0 Å². The van der Waals surface area contributed by atoms with E-state index in [9.17, 15) is 9.59 Å². The fraction of sp³-hybridized carbons (Fsp3) is 0.375. The summed E-state index contributed by atoms with van der Waals surface area (Å²) >= 11 is 0. The SMILES string of the molecule is CC(C)(C)C(CC(=O)O)NC(=O)c1c[nH]c2ccccc12. The molecule has 0 aliphatic rings. The Labute approximate surface area is 123 Å². The summed E-state index contributed by atoms with van der Waals surface area (Å²) in [5.41, 5.74) is 1.08. The molecule has 0 saturated carbocycles. The van der Waals surface area contributed by atoms with Crippen molar-refractivity contribution in [1.29, 1.82) is 0 Å². The van der Waals surface area contributed by atoms with Gasteiger partial charge in [-0.1, -0.05) is 39.0 Å². The molecule has 0 fully saturated rings. The quantitative estimate of drug-likeness (QED) is 0.809. The zero-order valence-electron chi connectivity index (χ0n) is 12.4. The number of para-hydroxylation sites is 1. The molecule has 3 N–H and O–H groups in total. The largest absolute Gasteiger partial charge is 0.481 e. The minimum Gasteiger partial charge on any atom is -0.481 e. The molecule has 0 radical (unpaired) electrons. The van der Waals surface area contributed by atoms with Crippen molar-refractivity contribution in [3.8, 4) is 0 Å². The summed E-state index contributed by atoms with van der Waals surface area (Å²) in [6.45, 7) is 5.74. The molecule has 0 bridgehead atoms. The number of carbonyl (C=O) groups excluding carboxylic acids is 1. The van der Waals surface area contributed by atoms with Crippen LogP contribution in [0.5, 0.6) is 0 Å². The number of amides is 1. The van der Waals surface area contributed by atoms with Crippen LogP contribution in [0, 0.1) is 5.41 Å². The average Bonchev–Trinajstić information content (AvgIpc) is 2.80. The maximum absolute atomic E-state index is 12.4. The van der Waals surface area contributed by atoms with Gasteiger partial charge in [0.2, 0.25) is 0 Å². The summed E-state index contributed by atoms with van der Waals surface area (Å²) in [7, 11) is 0. The molecule has 5 nitrogen and oxygen atoms in total. The molecule has 1 heterocycles. The highest BCUT2D eigenvalue weighted by atomic mass is 16.4. The Balaban J connectivity index is 2.25. The van der Waals surface area contributed by atoms with Crippen molar-refractivity contribution in [3.63, 3.8) is 0 Å². The number of carboxylic acids is 1. The van der Waals surface area contributed by atoms with Crippen molar-refractivity contribution < 1.29 is 14.7 Å². The second-order valence-electron chi connectivity index (χ2n) is 6.24. The van der Waals surface area contributed by atoms with Crippen molar-refractivity contribution >= 4 is 22.8 Å². The lowest BCUT2D eigenvalue weighted by Gasteiger charge is -2.30. The number of rotatable bonds is 4. The number of aromatic nitrogens is 1. The molecule has 5 heteroatoms. The molecular formula is C16H20N2O3. The third-order valence-corrected chi connectivity index (χ3v) is 3.56. The lowest BCUT2D eigenvalue weighted by Crippen LogP contribution is -2.45. The van der Waals surface area contributed by atoms with Crippen LogP contribution < -0.4 is 5.32 Å². The molecule has 1 amide bonds. The summed E-state index contributed by atoms with van der Waals surface area (Å²) in [5, 5.41) is 12.7. The number of hydrogen-bond acceptors (Lipinski definition) is 2. The summed E-state index contributed by atoms with van der Waals surface area (Å²) in [4.78, 5) is 26.5. The average molecular weight is 288 g/mol. The van der Waals surface area contributed by atoms with Gasteiger partial charge in [0.05, 0.1) is 12.0 Å². The smallest absolute Gasteiger partial charge is 0.305 e. The van der Waals surface area contributed by atoms with E-state index in [2.05, 4.69) is 10.3 Å². The Morgan fingerprint density at radius 3 is 2.57 bits per heavy atom. The molecule has 0 aliphatic carbocycles. The van der Waals surface area contributed by atoms with Gasteiger partial charge in [-0.3, -0.25) is 9.59 Å². The molecule has 21 heavy (non-hydrogen) atoms. The lowest BCUT2D eigenvalue weighted by molar-refractivity contribution is -0.138. The van der Waals surface area contributed by atoms with Gasteiger partial charge in [0.15, 0.2) is 0 Å². The summed E-state index contributed by atoms with van der Waals surface area (Å²) in [5.74, 6) is -1.18. The molecule has 0 spiro atoms. The zero-order valence-corrected chi connectivity index (χ0v) is 12.4. The van der Waals surface area contributed by atoms with Gasteiger partial charge in [0.25, 0.3) is 5.91 Å².